The van der Waals surface area contributed by atoms with E-state index >= 15 is 0 Å². The second-order valence-corrected chi connectivity index (χ2v) is 10.9. The number of aromatic nitrogens is 3. The summed E-state index contributed by atoms with van der Waals surface area (Å²) < 4.78 is 7.31. The fourth-order valence-corrected chi connectivity index (χ4v) is 5.04. The Labute approximate surface area is 210 Å². The van der Waals surface area contributed by atoms with Gasteiger partial charge >= 0.3 is 6.09 Å². The average molecular weight is 496 g/mol. The molecule has 1 aliphatic heterocycles. The number of thiazole rings is 1. The average Bonchev–Trinajstić information content (AvgIpc) is 3.49. The lowest BCUT2D eigenvalue weighted by molar-refractivity contribution is 0.0127. The summed E-state index contributed by atoms with van der Waals surface area (Å²) in [6.07, 6.45) is 4.83. The lowest BCUT2D eigenvalue weighted by Gasteiger charge is -2.40. The Bertz CT molecular complexity index is 1160. The highest BCUT2D eigenvalue weighted by Crippen LogP contribution is 2.27. The zero-order valence-electron chi connectivity index (χ0n) is 21.0. The van der Waals surface area contributed by atoms with Crippen molar-refractivity contribution in [3.05, 3.63) is 53.8 Å². The molecule has 8 nitrogen and oxygen atoms in total. The highest BCUT2D eigenvalue weighted by atomic mass is 32.1. The zero-order valence-corrected chi connectivity index (χ0v) is 21.8. The molecular formula is C26H33N5O3S. The second kappa shape index (κ2) is 10.2. The number of para-hydroxylation sites is 1. The number of rotatable bonds is 5. The van der Waals surface area contributed by atoms with Crippen LogP contribution in [0.3, 0.4) is 0 Å². The van der Waals surface area contributed by atoms with Crippen molar-refractivity contribution in [2.75, 3.05) is 13.1 Å². The van der Waals surface area contributed by atoms with Crippen molar-refractivity contribution in [2.24, 2.45) is 0 Å². The maximum absolute atomic E-state index is 13.5. The summed E-state index contributed by atoms with van der Waals surface area (Å²) in [5, 5.41) is 7.03. The first-order valence-electron chi connectivity index (χ1n) is 12.0. The van der Waals surface area contributed by atoms with Crippen molar-refractivity contribution < 1.29 is 14.3 Å². The molecule has 1 aliphatic rings. The molecule has 0 radical (unpaired) electrons. The van der Waals surface area contributed by atoms with E-state index in [2.05, 4.69) is 10.1 Å². The zero-order chi connectivity index (χ0) is 25.2. The van der Waals surface area contributed by atoms with E-state index < -0.39 is 5.60 Å². The summed E-state index contributed by atoms with van der Waals surface area (Å²) in [4.78, 5) is 34.2. The van der Waals surface area contributed by atoms with Crippen LogP contribution in [0.2, 0.25) is 0 Å². The van der Waals surface area contributed by atoms with Crippen LogP contribution in [0.15, 0.2) is 48.1 Å². The first-order valence-corrected chi connectivity index (χ1v) is 12.9. The van der Waals surface area contributed by atoms with Gasteiger partial charge in [0.25, 0.3) is 5.91 Å². The molecule has 1 aromatic carbocycles. The van der Waals surface area contributed by atoms with Gasteiger partial charge in [0.05, 0.1) is 11.9 Å². The molecule has 0 saturated carbocycles. The van der Waals surface area contributed by atoms with Crippen molar-refractivity contribution >= 4 is 23.3 Å². The fraction of sp³-hybridized carbons (Fsp3) is 0.462. The Morgan fingerprint density at radius 3 is 2.46 bits per heavy atom. The summed E-state index contributed by atoms with van der Waals surface area (Å²) in [6, 6.07) is 9.95. The van der Waals surface area contributed by atoms with Gasteiger partial charge in [0.1, 0.15) is 16.3 Å². The van der Waals surface area contributed by atoms with Gasteiger partial charge in [-0.05, 0) is 59.6 Å². The van der Waals surface area contributed by atoms with Crippen LogP contribution in [0.25, 0.3) is 16.3 Å². The lowest BCUT2D eigenvalue weighted by atomic mass is 10.0. The first kappa shape index (κ1) is 24.9. The molecule has 35 heavy (non-hydrogen) atoms. The van der Waals surface area contributed by atoms with E-state index in [0.29, 0.717) is 31.6 Å². The monoisotopic (exact) mass is 495 g/mol. The molecule has 0 spiro atoms. The number of hydrogen-bond acceptors (Lipinski definition) is 6. The highest BCUT2D eigenvalue weighted by Gasteiger charge is 2.34. The van der Waals surface area contributed by atoms with Crippen LogP contribution in [0, 0.1) is 0 Å². The van der Waals surface area contributed by atoms with Gasteiger partial charge in [-0.15, -0.1) is 11.3 Å². The first-order chi connectivity index (χ1) is 16.6. The molecule has 0 bridgehead atoms. The Hall–Kier alpha value is -3.20. The molecule has 186 valence electrons. The number of likely N-dealkylation sites (tertiary alicyclic amines) is 1. The number of carbonyl (C=O) groups is 2. The molecule has 4 rings (SSSR count). The van der Waals surface area contributed by atoms with Crippen molar-refractivity contribution in [2.45, 2.75) is 65.1 Å². The van der Waals surface area contributed by atoms with Crippen molar-refractivity contribution in [3.63, 3.8) is 0 Å². The van der Waals surface area contributed by atoms with Gasteiger partial charge in [-0.3, -0.25) is 4.79 Å². The predicted octanol–water partition coefficient (Wildman–Crippen LogP) is 5.25. The lowest BCUT2D eigenvalue weighted by Crippen LogP contribution is -2.51. The Morgan fingerprint density at radius 2 is 1.83 bits per heavy atom. The molecule has 1 fully saturated rings. The molecule has 0 N–H and O–H groups in total. The van der Waals surface area contributed by atoms with Gasteiger partial charge in [-0.1, -0.05) is 18.2 Å². The molecular weight excluding hydrogens is 462 g/mol. The van der Waals surface area contributed by atoms with E-state index in [1.165, 1.54) is 11.3 Å². The Morgan fingerprint density at radius 1 is 1.14 bits per heavy atom. The molecule has 0 atom stereocenters. The molecule has 0 aliphatic carbocycles. The normalized spacial score (nSPS) is 14.9. The smallest absolute Gasteiger partial charge is 0.410 e. The summed E-state index contributed by atoms with van der Waals surface area (Å²) in [6.45, 7) is 10.8. The topological polar surface area (TPSA) is 80.6 Å². The van der Waals surface area contributed by atoms with Gasteiger partial charge in [0.15, 0.2) is 0 Å². The minimum Gasteiger partial charge on any atom is -0.444 e. The van der Waals surface area contributed by atoms with E-state index in [1.807, 2.05) is 81.4 Å². The van der Waals surface area contributed by atoms with Crippen LogP contribution in [0.1, 0.15) is 57.9 Å². The SMILES string of the molecule is CC(C)N(C(=O)c1csc(-c2cnn(-c3ccccc3)c2)n1)C1CCN(C(=O)OC(C)(C)C)CC1. The minimum atomic E-state index is -0.520. The Balaban J connectivity index is 1.44. The number of nitrogens with zero attached hydrogens (tertiary/aromatic N) is 5. The number of hydrogen-bond donors (Lipinski definition) is 0. The highest BCUT2D eigenvalue weighted by molar-refractivity contribution is 7.13. The van der Waals surface area contributed by atoms with Crippen LogP contribution in [0.4, 0.5) is 4.79 Å². The van der Waals surface area contributed by atoms with Gasteiger partial charge in [0.2, 0.25) is 0 Å². The van der Waals surface area contributed by atoms with E-state index in [4.69, 9.17) is 4.74 Å². The molecule has 0 unspecified atom stereocenters. The molecule has 1 saturated heterocycles. The van der Waals surface area contributed by atoms with Crippen LogP contribution in [-0.2, 0) is 4.74 Å². The third kappa shape index (κ3) is 5.90. The van der Waals surface area contributed by atoms with Gasteiger partial charge in [-0.2, -0.15) is 5.10 Å². The van der Waals surface area contributed by atoms with E-state index in [1.54, 1.807) is 15.8 Å². The van der Waals surface area contributed by atoms with Crippen molar-refractivity contribution in [3.8, 4) is 16.3 Å². The van der Waals surface area contributed by atoms with Crippen LogP contribution >= 0.6 is 11.3 Å². The predicted molar refractivity (Wildman–Crippen MR) is 137 cm³/mol. The van der Waals surface area contributed by atoms with E-state index in [0.717, 1.165) is 16.3 Å². The number of benzene rings is 1. The molecule has 3 heterocycles. The molecule has 3 aromatic rings. The number of piperidine rings is 1. The maximum Gasteiger partial charge on any atom is 0.410 e. The summed E-state index contributed by atoms with van der Waals surface area (Å²) in [5.74, 6) is -0.0753. The number of carbonyl (C=O) groups excluding carboxylic acids is 2. The van der Waals surface area contributed by atoms with Crippen LogP contribution in [-0.4, -0.2) is 67.3 Å². The quantitative estimate of drug-likeness (QED) is 0.483. The van der Waals surface area contributed by atoms with Crippen LogP contribution < -0.4 is 0 Å². The largest absolute Gasteiger partial charge is 0.444 e. The minimum absolute atomic E-state index is 0.0200. The maximum atomic E-state index is 13.5. The van der Waals surface area contributed by atoms with E-state index in [9.17, 15) is 9.59 Å². The van der Waals surface area contributed by atoms with Crippen LogP contribution in [0.5, 0.6) is 0 Å². The Kier molecular flexibility index (Phi) is 7.25. The second-order valence-electron chi connectivity index (χ2n) is 10.1. The third-order valence-corrected chi connectivity index (χ3v) is 6.77. The molecule has 9 heteroatoms. The molecule has 2 amide bonds. The third-order valence-electron chi connectivity index (χ3n) is 5.87. The van der Waals surface area contributed by atoms with Crippen molar-refractivity contribution in [1.82, 2.24) is 24.6 Å². The van der Waals surface area contributed by atoms with E-state index in [-0.39, 0.29) is 24.1 Å². The van der Waals surface area contributed by atoms with Gasteiger partial charge < -0.3 is 14.5 Å². The summed E-state index contributed by atoms with van der Waals surface area (Å²) in [7, 11) is 0. The number of ether oxygens (including phenoxy) is 1. The standard InChI is InChI=1S/C26H33N5O3S/c1-18(2)31(21-11-13-29(14-12-21)25(33)34-26(3,4)5)24(32)22-17-35-23(28-22)19-15-27-30(16-19)20-9-7-6-8-10-20/h6-10,15-18,21H,11-14H2,1-5H3. The number of amides is 2. The summed E-state index contributed by atoms with van der Waals surface area (Å²) >= 11 is 1.44. The van der Waals surface area contributed by atoms with Crippen molar-refractivity contribution in [1.29, 1.82) is 0 Å². The summed E-state index contributed by atoms with van der Waals surface area (Å²) in [5.41, 5.74) is 1.77. The van der Waals surface area contributed by atoms with Gasteiger partial charge in [-0.25, -0.2) is 14.5 Å². The molecule has 2 aromatic heterocycles. The van der Waals surface area contributed by atoms with Gasteiger partial charge in [0, 0.05) is 42.3 Å². The fourth-order valence-electron chi connectivity index (χ4n) is 4.27.